The maximum atomic E-state index is 12.0. The number of fused-ring (bicyclic) bond motifs is 2. The van der Waals surface area contributed by atoms with E-state index in [-0.39, 0.29) is 0 Å². The standard InChI is InChI=1S/C20H25N3O/c1-22(12-14-7-8-21-19-6-4-3-5-18(14)19)17-9-15-11-20(24)23(2)13-16(15)10-17/h3-8,15-17H,9-13H2,1-2H3/t15-,16+,17-/m0/s1. The van der Waals surface area contributed by atoms with Crippen LogP contribution < -0.4 is 0 Å². The predicted molar refractivity (Wildman–Crippen MR) is 95.5 cm³/mol. The van der Waals surface area contributed by atoms with E-state index < -0.39 is 0 Å². The highest BCUT2D eigenvalue weighted by Gasteiger charge is 2.41. The van der Waals surface area contributed by atoms with Gasteiger partial charge in [-0.2, -0.15) is 0 Å². The van der Waals surface area contributed by atoms with Crippen LogP contribution in [0.3, 0.4) is 0 Å². The molecule has 4 heteroatoms. The predicted octanol–water partition coefficient (Wildman–Crippen LogP) is 2.92. The third kappa shape index (κ3) is 2.80. The van der Waals surface area contributed by atoms with E-state index in [0.717, 1.165) is 31.4 Å². The largest absolute Gasteiger partial charge is 0.345 e. The van der Waals surface area contributed by atoms with Crippen LogP contribution in [-0.4, -0.2) is 47.4 Å². The van der Waals surface area contributed by atoms with Crippen LogP contribution in [0.5, 0.6) is 0 Å². The van der Waals surface area contributed by atoms with Crippen molar-refractivity contribution in [3.8, 4) is 0 Å². The molecule has 1 aliphatic carbocycles. The average Bonchev–Trinajstić information content (AvgIpc) is 2.98. The van der Waals surface area contributed by atoms with Crippen LogP contribution in [0.2, 0.25) is 0 Å². The molecule has 1 amide bonds. The topological polar surface area (TPSA) is 36.4 Å². The van der Waals surface area contributed by atoms with Gasteiger partial charge in [-0.1, -0.05) is 18.2 Å². The van der Waals surface area contributed by atoms with Crippen molar-refractivity contribution >= 4 is 16.8 Å². The van der Waals surface area contributed by atoms with E-state index in [1.54, 1.807) is 0 Å². The zero-order chi connectivity index (χ0) is 16.7. The first-order valence-corrected chi connectivity index (χ1v) is 8.88. The fourth-order valence-corrected chi connectivity index (χ4v) is 4.54. The number of carbonyl (C=O) groups excluding carboxylic acids is 1. The smallest absolute Gasteiger partial charge is 0.222 e. The van der Waals surface area contributed by atoms with E-state index in [4.69, 9.17) is 0 Å². The minimum Gasteiger partial charge on any atom is -0.345 e. The maximum Gasteiger partial charge on any atom is 0.222 e. The Bertz CT molecular complexity index is 754. The van der Waals surface area contributed by atoms with Gasteiger partial charge in [0.05, 0.1) is 5.52 Å². The van der Waals surface area contributed by atoms with Crippen molar-refractivity contribution in [3.05, 3.63) is 42.1 Å². The Labute approximate surface area is 143 Å². The summed E-state index contributed by atoms with van der Waals surface area (Å²) >= 11 is 0. The average molecular weight is 323 g/mol. The van der Waals surface area contributed by atoms with Crippen LogP contribution >= 0.6 is 0 Å². The first-order valence-electron chi connectivity index (χ1n) is 8.88. The van der Waals surface area contributed by atoms with Gasteiger partial charge in [0, 0.05) is 44.2 Å². The molecule has 1 aromatic heterocycles. The highest BCUT2D eigenvalue weighted by molar-refractivity contribution is 5.81. The van der Waals surface area contributed by atoms with Crippen LogP contribution in [0.4, 0.5) is 0 Å². The van der Waals surface area contributed by atoms with Gasteiger partial charge in [0.2, 0.25) is 5.91 Å². The second kappa shape index (κ2) is 6.17. The second-order valence-corrected chi connectivity index (χ2v) is 7.53. The van der Waals surface area contributed by atoms with Gasteiger partial charge in [-0.15, -0.1) is 0 Å². The molecule has 0 spiro atoms. The molecule has 0 bridgehead atoms. The number of rotatable bonds is 3. The fourth-order valence-electron chi connectivity index (χ4n) is 4.54. The molecule has 0 radical (unpaired) electrons. The normalized spacial score (nSPS) is 27.0. The van der Waals surface area contributed by atoms with Crippen molar-refractivity contribution in [1.82, 2.24) is 14.8 Å². The van der Waals surface area contributed by atoms with Gasteiger partial charge in [-0.25, -0.2) is 0 Å². The van der Waals surface area contributed by atoms with Crippen LogP contribution in [0.25, 0.3) is 10.9 Å². The van der Waals surface area contributed by atoms with Gasteiger partial charge < -0.3 is 4.90 Å². The molecule has 1 aromatic carbocycles. The van der Waals surface area contributed by atoms with Crippen LogP contribution in [0.1, 0.15) is 24.8 Å². The minimum atomic E-state index is 0.319. The molecule has 3 atom stereocenters. The summed E-state index contributed by atoms with van der Waals surface area (Å²) in [4.78, 5) is 20.8. The number of nitrogens with zero attached hydrogens (tertiary/aromatic N) is 3. The minimum absolute atomic E-state index is 0.319. The number of likely N-dealkylation sites (tertiary alicyclic amines) is 1. The van der Waals surface area contributed by atoms with Crippen LogP contribution in [-0.2, 0) is 11.3 Å². The Balaban J connectivity index is 1.49. The summed E-state index contributed by atoms with van der Waals surface area (Å²) in [5, 5.41) is 1.25. The maximum absolute atomic E-state index is 12.0. The summed E-state index contributed by atoms with van der Waals surface area (Å²) in [6.07, 6.45) is 5.02. The molecular formula is C20H25N3O. The Morgan fingerprint density at radius 3 is 2.88 bits per heavy atom. The van der Waals surface area contributed by atoms with Gasteiger partial charge in [-0.3, -0.25) is 14.7 Å². The van der Waals surface area contributed by atoms with E-state index in [1.165, 1.54) is 17.4 Å². The molecule has 2 fully saturated rings. The third-order valence-corrected chi connectivity index (χ3v) is 5.97. The molecule has 1 aliphatic heterocycles. The molecule has 0 N–H and O–H groups in total. The summed E-state index contributed by atoms with van der Waals surface area (Å²) in [7, 11) is 4.17. The lowest BCUT2D eigenvalue weighted by Crippen LogP contribution is -2.39. The molecule has 2 aromatic rings. The molecule has 4 nitrogen and oxygen atoms in total. The van der Waals surface area contributed by atoms with Crippen molar-refractivity contribution < 1.29 is 4.79 Å². The Morgan fingerprint density at radius 2 is 2.00 bits per heavy atom. The van der Waals surface area contributed by atoms with E-state index in [9.17, 15) is 4.79 Å². The third-order valence-electron chi connectivity index (χ3n) is 5.97. The molecule has 0 unspecified atom stereocenters. The number of hydrogen-bond donors (Lipinski definition) is 0. The summed E-state index contributed by atoms with van der Waals surface area (Å²) in [6, 6.07) is 11.1. The van der Waals surface area contributed by atoms with Gasteiger partial charge in [0.1, 0.15) is 0 Å². The lowest BCUT2D eigenvalue weighted by atomic mass is 9.88. The number of aromatic nitrogens is 1. The number of carbonyl (C=O) groups is 1. The number of benzene rings is 1. The first-order chi connectivity index (χ1) is 11.6. The van der Waals surface area contributed by atoms with Crippen molar-refractivity contribution in [1.29, 1.82) is 0 Å². The van der Waals surface area contributed by atoms with E-state index >= 15 is 0 Å². The number of hydrogen-bond acceptors (Lipinski definition) is 3. The quantitative estimate of drug-likeness (QED) is 0.871. The Kier molecular flexibility index (Phi) is 4.01. The monoisotopic (exact) mass is 323 g/mol. The second-order valence-electron chi connectivity index (χ2n) is 7.53. The van der Waals surface area contributed by atoms with Crippen LogP contribution in [0.15, 0.2) is 36.5 Å². The number of piperidine rings is 1. The molecule has 2 aliphatic rings. The van der Waals surface area contributed by atoms with E-state index in [0.29, 0.717) is 23.8 Å². The molecule has 2 heterocycles. The van der Waals surface area contributed by atoms with Gasteiger partial charge >= 0.3 is 0 Å². The zero-order valence-electron chi connectivity index (χ0n) is 14.5. The first kappa shape index (κ1) is 15.6. The van der Waals surface area contributed by atoms with Crippen molar-refractivity contribution in [2.45, 2.75) is 31.8 Å². The number of pyridine rings is 1. The molecule has 24 heavy (non-hydrogen) atoms. The highest BCUT2D eigenvalue weighted by atomic mass is 16.2. The molecule has 4 rings (SSSR count). The zero-order valence-corrected chi connectivity index (χ0v) is 14.5. The van der Waals surface area contributed by atoms with Crippen molar-refractivity contribution in [3.63, 3.8) is 0 Å². The summed E-state index contributed by atoms with van der Waals surface area (Å²) in [5.41, 5.74) is 2.40. The van der Waals surface area contributed by atoms with Crippen LogP contribution in [0, 0.1) is 11.8 Å². The lowest BCUT2D eigenvalue weighted by molar-refractivity contribution is -0.134. The molecular weight excluding hydrogens is 298 g/mol. The van der Waals surface area contributed by atoms with E-state index in [2.05, 4.69) is 41.2 Å². The SMILES string of the molecule is CN1C[C@H]2C[C@@H](N(C)Cc3ccnc4ccccc34)C[C@H]2CC1=O. The summed E-state index contributed by atoms with van der Waals surface area (Å²) in [6.45, 7) is 1.88. The lowest BCUT2D eigenvalue weighted by Gasteiger charge is -2.31. The van der Waals surface area contributed by atoms with Gasteiger partial charge in [-0.05, 0) is 49.4 Å². The van der Waals surface area contributed by atoms with E-state index in [1.807, 2.05) is 24.2 Å². The number of para-hydroxylation sites is 1. The molecule has 1 saturated heterocycles. The highest BCUT2D eigenvalue weighted by Crippen LogP contribution is 2.40. The van der Waals surface area contributed by atoms with Crippen molar-refractivity contribution in [2.75, 3.05) is 20.6 Å². The van der Waals surface area contributed by atoms with Crippen molar-refractivity contribution in [2.24, 2.45) is 11.8 Å². The van der Waals surface area contributed by atoms with Gasteiger partial charge in [0.25, 0.3) is 0 Å². The Morgan fingerprint density at radius 1 is 1.21 bits per heavy atom. The Hall–Kier alpha value is -1.94. The molecule has 1 saturated carbocycles. The summed E-state index contributed by atoms with van der Waals surface area (Å²) < 4.78 is 0. The number of amides is 1. The fraction of sp³-hybridized carbons (Fsp3) is 0.500. The van der Waals surface area contributed by atoms with Gasteiger partial charge in [0.15, 0.2) is 0 Å². The molecule has 126 valence electrons. The summed E-state index contributed by atoms with van der Waals surface area (Å²) in [5.74, 6) is 1.57.